The lowest BCUT2D eigenvalue weighted by atomic mass is 9.90. The van der Waals surface area contributed by atoms with Gasteiger partial charge in [-0.1, -0.05) is 110 Å². The maximum Gasteiger partial charge on any atom is 0.253 e. The monoisotopic (exact) mass is 586 g/mol. The summed E-state index contributed by atoms with van der Waals surface area (Å²) in [5, 5.41) is 6.48. The van der Waals surface area contributed by atoms with E-state index in [0.29, 0.717) is 11.3 Å². The predicted molar refractivity (Wildman–Crippen MR) is 178 cm³/mol. The molecule has 1 saturated carbocycles. The zero-order valence-electron chi connectivity index (χ0n) is 25.3. The lowest BCUT2D eigenvalue weighted by molar-refractivity contribution is -0.116. The van der Waals surface area contributed by atoms with Gasteiger partial charge in [-0.05, 0) is 47.7 Å². The molecule has 0 radical (unpaired) electrons. The number of rotatable bonds is 9. The van der Waals surface area contributed by atoms with E-state index in [1.165, 1.54) is 12.0 Å². The molecule has 4 aromatic carbocycles. The quantitative estimate of drug-likeness (QED) is 0.225. The van der Waals surface area contributed by atoms with E-state index < -0.39 is 5.92 Å². The molecular weight excluding hydrogens is 544 g/mol. The molecule has 6 rings (SSSR count). The van der Waals surface area contributed by atoms with Crippen LogP contribution < -0.4 is 15.5 Å². The lowest BCUT2D eigenvalue weighted by Crippen LogP contribution is -2.46. The van der Waals surface area contributed by atoms with E-state index in [9.17, 15) is 9.59 Å². The van der Waals surface area contributed by atoms with Gasteiger partial charge in [0.25, 0.3) is 5.91 Å². The van der Waals surface area contributed by atoms with E-state index in [1.807, 2.05) is 78.9 Å². The van der Waals surface area contributed by atoms with E-state index in [2.05, 4.69) is 50.8 Å². The Morgan fingerprint density at radius 3 is 1.91 bits per heavy atom. The Morgan fingerprint density at radius 2 is 1.30 bits per heavy atom. The largest absolute Gasteiger partial charge is 0.368 e. The molecule has 2 amide bonds. The first kappa shape index (κ1) is 29.6. The highest BCUT2D eigenvalue weighted by Gasteiger charge is 2.26. The maximum absolute atomic E-state index is 13.9. The summed E-state index contributed by atoms with van der Waals surface area (Å²) in [4.78, 5) is 32.5. The highest BCUT2D eigenvalue weighted by atomic mass is 16.2. The van der Waals surface area contributed by atoms with Crippen LogP contribution in [0.5, 0.6) is 0 Å². The summed E-state index contributed by atoms with van der Waals surface area (Å²) in [5.74, 6) is -0.644. The molecule has 1 aliphatic heterocycles. The summed E-state index contributed by atoms with van der Waals surface area (Å²) in [6.07, 6.45) is 5.57. The number of nitrogens with zero attached hydrogens (tertiary/aromatic N) is 2. The second kappa shape index (κ2) is 14.4. The van der Waals surface area contributed by atoms with Crippen LogP contribution in [0.4, 0.5) is 11.4 Å². The SMILES string of the molecule is O=C(NC1CCCCC1)c1cc(NC(=O)C(c2ccccc2)c2ccccc2)ccc1N1CCN(Cc2ccccc2)CC1. The van der Waals surface area contributed by atoms with Crippen molar-refractivity contribution in [2.45, 2.75) is 50.6 Å². The summed E-state index contributed by atoms with van der Waals surface area (Å²) < 4.78 is 0. The number of piperazine rings is 1. The molecular formula is C38H42N4O2. The molecule has 4 aromatic rings. The zero-order chi connectivity index (χ0) is 30.1. The van der Waals surface area contributed by atoms with Crippen LogP contribution in [0.25, 0.3) is 0 Å². The van der Waals surface area contributed by atoms with Gasteiger partial charge in [-0.3, -0.25) is 14.5 Å². The Morgan fingerprint density at radius 1 is 0.705 bits per heavy atom. The number of anilines is 2. The number of carbonyl (C=O) groups excluding carboxylic acids is 2. The fourth-order valence-corrected chi connectivity index (χ4v) is 6.57. The van der Waals surface area contributed by atoms with E-state index in [-0.39, 0.29) is 17.9 Å². The van der Waals surface area contributed by atoms with Crippen molar-refractivity contribution in [2.24, 2.45) is 0 Å². The van der Waals surface area contributed by atoms with Gasteiger partial charge in [0.1, 0.15) is 0 Å². The second-order valence-electron chi connectivity index (χ2n) is 12.0. The Kier molecular flexibility index (Phi) is 9.68. The first-order valence-corrected chi connectivity index (χ1v) is 16.0. The Hall–Kier alpha value is -4.42. The van der Waals surface area contributed by atoms with Crippen molar-refractivity contribution >= 4 is 23.2 Å². The lowest BCUT2D eigenvalue weighted by Gasteiger charge is -2.37. The molecule has 0 aromatic heterocycles. The van der Waals surface area contributed by atoms with E-state index in [4.69, 9.17) is 0 Å². The van der Waals surface area contributed by atoms with Crippen molar-refractivity contribution in [1.82, 2.24) is 10.2 Å². The van der Waals surface area contributed by atoms with E-state index >= 15 is 0 Å². The van der Waals surface area contributed by atoms with Gasteiger partial charge in [0.05, 0.1) is 11.5 Å². The van der Waals surface area contributed by atoms with Crippen LogP contribution in [0.1, 0.15) is 65.1 Å². The molecule has 226 valence electrons. The third kappa shape index (κ3) is 7.37. The van der Waals surface area contributed by atoms with Gasteiger partial charge >= 0.3 is 0 Å². The topological polar surface area (TPSA) is 64.7 Å². The predicted octanol–water partition coefficient (Wildman–Crippen LogP) is 6.84. The van der Waals surface area contributed by atoms with Gasteiger partial charge in [-0.25, -0.2) is 0 Å². The number of amides is 2. The minimum absolute atomic E-state index is 0.0580. The molecule has 1 saturated heterocycles. The second-order valence-corrected chi connectivity index (χ2v) is 12.0. The summed E-state index contributed by atoms with van der Waals surface area (Å²) in [7, 11) is 0. The Bertz CT molecular complexity index is 1470. The molecule has 6 heteroatoms. The normalized spacial score (nSPS) is 16.1. The minimum atomic E-state index is -0.464. The van der Waals surface area contributed by atoms with Gasteiger partial charge in [-0.15, -0.1) is 0 Å². The molecule has 2 aliphatic rings. The number of nitrogens with one attached hydrogen (secondary N) is 2. The summed E-state index contributed by atoms with van der Waals surface area (Å²) in [6.45, 7) is 4.46. The standard InChI is InChI=1S/C38H42N4O2/c43-37(39-32-19-11-4-12-20-32)34-27-33(40-38(44)36(30-15-7-2-8-16-30)31-17-9-3-10-18-31)21-22-35(34)42-25-23-41(24-26-42)28-29-13-5-1-6-14-29/h1-3,5-10,13-18,21-22,27,32,36H,4,11-12,19-20,23-26,28H2,(H,39,43)(H,40,44). The highest BCUT2D eigenvalue weighted by Crippen LogP contribution is 2.30. The summed E-state index contributed by atoms with van der Waals surface area (Å²) in [6, 6.07) is 36.3. The molecule has 1 heterocycles. The number of carbonyl (C=O) groups is 2. The molecule has 0 spiro atoms. The maximum atomic E-state index is 13.9. The van der Waals surface area contributed by atoms with Gasteiger partial charge in [0.15, 0.2) is 0 Å². The van der Waals surface area contributed by atoms with Crippen LogP contribution in [-0.2, 0) is 11.3 Å². The van der Waals surface area contributed by atoms with Crippen LogP contribution >= 0.6 is 0 Å². The van der Waals surface area contributed by atoms with Crippen LogP contribution in [0.15, 0.2) is 109 Å². The Labute approximate surface area is 261 Å². The fraction of sp³-hybridized carbons (Fsp3) is 0.316. The molecule has 2 fully saturated rings. The van der Waals surface area contributed by atoms with Gasteiger partial charge < -0.3 is 15.5 Å². The average molecular weight is 587 g/mol. The van der Waals surface area contributed by atoms with Crippen LogP contribution in [0, 0.1) is 0 Å². The van der Waals surface area contributed by atoms with Crippen molar-refractivity contribution in [3.63, 3.8) is 0 Å². The van der Waals surface area contributed by atoms with E-state index in [0.717, 1.165) is 75.2 Å². The smallest absolute Gasteiger partial charge is 0.253 e. The molecule has 0 bridgehead atoms. The Balaban J connectivity index is 1.23. The third-order valence-corrected chi connectivity index (χ3v) is 8.94. The van der Waals surface area contributed by atoms with Gasteiger partial charge in [-0.2, -0.15) is 0 Å². The molecule has 0 atom stereocenters. The fourth-order valence-electron chi connectivity index (χ4n) is 6.57. The molecule has 44 heavy (non-hydrogen) atoms. The van der Waals surface area contributed by atoms with Crippen molar-refractivity contribution in [3.8, 4) is 0 Å². The third-order valence-electron chi connectivity index (χ3n) is 8.94. The number of hydrogen-bond acceptors (Lipinski definition) is 4. The van der Waals surface area contributed by atoms with Crippen LogP contribution in [0.3, 0.4) is 0 Å². The van der Waals surface area contributed by atoms with Crippen LogP contribution in [0.2, 0.25) is 0 Å². The number of hydrogen-bond donors (Lipinski definition) is 2. The first-order chi connectivity index (χ1) is 21.6. The molecule has 1 aliphatic carbocycles. The molecule has 6 nitrogen and oxygen atoms in total. The van der Waals surface area contributed by atoms with E-state index in [1.54, 1.807) is 0 Å². The van der Waals surface area contributed by atoms with Crippen molar-refractivity contribution in [1.29, 1.82) is 0 Å². The van der Waals surface area contributed by atoms with Crippen molar-refractivity contribution < 1.29 is 9.59 Å². The van der Waals surface area contributed by atoms with Crippen molar-refractivity contribution in [2.75, 3.05) is 36.4 Å². The van der Waals surface area contributed by atoms with Gasteiger partial charge in [0.2, 0.25) is 5.91 Å². The van der Waals surface area contributed by atoms with Crippen LogP contribution in [-0.4, -0.2) is 48.9 Å². The molecule has 0 unspecified atom stereocenters. The summed E-state index contributed by atoms with van der Waals surface area (Å²) >= 11 is 0. The molecule has 2 N–H and O–H groups in total. The summed E-state index contributed by atoms with van der Waals surface area (Å²) in [5.41, 5.74) is 5.36. The van der Waals surface area contributed by atoms with Crippen molar-refractivity contribution in [3.05, 3.63) is 131 Å². The zero-order valence-corrected chi connectivity index (χ0v) is 25.3. The highest BCUT2D eigenvalue weighted by molar-refractivity contribution is 6.03. The average Bonchev–Trinajstić information content (AvgIpc) is 3.07. The minimum Gasteiger partial charge on any atom is -0.368 e. The van der Waals surface area contributed by atoms with Gasteiger partial charge in [0, 0.05) is 50.1 Å². The first-order valence-electron chi connectivity index (χ1n) is 16.0. The number of benzene rings is 4.